The molecule has 1 saturated heterocycles. The molecule has 0 amide bonds. The summed E-state index contributed by atoms with van der Waals surface area (Å²) in [6.07, 6.45) is 1.68. The van der Waals surface area contributed by atoms with Crippen molar-refractivity contribution < 1.29 is 27.5 Å². The van der Waals surface area contributed by atoms with E-state index in [4.69, 9.17) is 9.47 Å². The van der Waals surface area contributed by atoms with E-state index >= 15 is 0 Å². The van der Waals surface area contributed by atoms with Crippen molar-refractivity contribution in [3.8, 4) is 0 Å². The summed E-state index contributed by atoms with van der Waals surface area (Å²) in [5.41, 5.74) is -0.490. The van der Waals surface area contributed by atoms with Gasteiger partial charge in [-0.25, -0.2) is 18.0 Å². The lowest BCUT2D eigenvalue weighted by atomic mass is 10.0. The summed E-state index contributed by atoms with van der Waals surface area (Å²) in [6.45, 7) is 7.77. The molecule has 150 valence electrons. The minimum absolute atomic E-state index is 0.140. The number of carbonyl (C=O) groups is 2. The first-order valence-electron chi connectivity index (χ1n) is 8.98. The van der Waals surface area contributed by atoms with Crippen LogP contribution in [-0.4, -0.2) is 50.0 Å². The van der Waals surface area contributed by atoms with E-state index in [2.05, 4.69) is 6.92 Å². The second-order valence-electron chi connectivity index (χ2n) is 7.77. The highest BCUT2D eigenvalue weighted by atomic mass is 32.2. The van der Waals surface area contributed by atoms with Gasteiger partial charge in [-0.3, -0.25) is 0 Å². The Morgan fingerprint density at radius 2 is 1.67 bits per heavy atom. The Hall–Kier alpha value is -1.93. The Bertz CT molecular complexity index is 771. The highest BCUT2D eigenvalue weighted by Gasteiger charge is 2.28. The maximum Gasteiger partial charge on any atom is 0.344 e. The quantitative estimate of drug-likeness (QED) is 0.710. The van der Waals surface area contributed by atoms with Crippen molar-refractivity contribution in [1.29, 1.82) is 0 Å². The minimum Gasteiger partial charge on any atom is -0.457 e. The zero-order valence-corrected chi connectivity index (χ0v) is 17.0. The smallest absolute Gasteiger partial charge is 0.344 e. The van der Waals surface area contributed by atoms with E-state index < -0.39 is 34.2 Å². The van der Waals surface area contributed by atoms with Crippen LogP contribution < -0.4 is 0 Å². The summed E-state index contributed by atoms with van der Waals surface area (Å²) in [6, 6.07) is 5.54. The number of nitrogens with zero attached hydrogens (tertiary/aromatic N) is 1. The molecular formula is C19H27NO6S. The van der Waals surface area contributed by atoms with Crippen molar-refractivity contribution in [2.75, 3.05) is 19.7 Å². The third-order valence-corrected chi connectivity index (χ3v) is 6.12. The lowest BCUT2D eigenvalue weighted by molar-refractivity contribution is -0.158. The van der Waals surface area contributed by atoms with Crippen molar-refractivity contribution in [3.05, 3.63) is 29.8 Å². The topological polar surface area (TPSA) is 90.0 Å². The zero-order valence-electron chi connectivity index (χ0n) is 16.2. The van der Waals surface area contributed by atoms with Crippen molar-refractivity contribution in [2.45, 2.75) is 51.0 Å². The van der Waals surface area contributed by atoms with Crippen molar-refractivity contribution in [1.82, 2.24) is 4.31 Å². The third kappa shape index (κ3) is 6.04. The Labute approximate surface area is 160 Å². The molecule has 0 N–H and O–H groups in total. The summed E-state index contributed by atoms with van der Waals surface area (Å²) in [7, 11) is -3.57. The average molecular weight is 397 g/mol. The van der Waals surface area contributed by atoms with Gasteiger partial charge < -0.3 is 9.47 Å². The molecule has 2 rings (SSSR count). The van der Waals surface area contributed by atoms with E-state index in [-0.39, 0.29) is 10.5 Å². The van der Waals surface area contributed by atoms with Gasteiger partial charge in [0.25, 0.3) is 0 Å². The lowest BCUT2D eigenvalue weighted by Crippen LogP contribution is -2.37. The molecule has 0 spiro atoms. The number of ether oxygens (including phenoxy) is 2. The van der Waals surface area contributed by atoms with Gasteiger partial charge >= 0.3 is 11.9 Å². The third-order valence-electron chi connectivity index (χ3n) is 4.21. The molecule has 1 aromatic rings. The predicted octanol–water partition coefficient (Wildman–Crippen LogP) is 2.61. The number of esters is 2. The fourth-order valence-electron chi connectivity index (χ4n) is 2.72. The summed E-state index contributed by atoms with van der Waals surface area (Å²) in [4.78, 5) is 23.8. The summed E-state index contributed by atoms with van der Waals surface area (Å²) in [5.74, 6) is -0.829. The molecule has 0 radical (unpaired) electrons. The van der Waals surface area contributed by atoms with Gasteiger partial charge in [0.15, 0.2) is 6.61 Å². The SMILES string of the molecule is CC1CCN(S(=O)(=O)c2ccc(C(=O)OCC(=O)OC(C)(C)C)cc2)CC1. The van der Waals surface area contributed by atoms with Gasteiger partial charge in [0, 0.05) is 13.1 Å². The molecule has 7 nitrogen and oxygen atoms in total. The molecule has 0 atom stereocenters. The molecule has 1 aliphatic rings. The summed E-state index contributed by atoms with van der Waals surface area (Å²) in [5, 5.41) is 0. The van der Waals surface area contributed by atoms with Crippen LogP contribution in [0.4, 0.5) is 0 Å². The Balaban J connectivity index is 1.98. The highest BCUT2D eigenvalue weighted by molar-refractivity contribution is 7.89. The van der Waals surface area contributed by atoms with Crippen LogP contribution in [-0.2, 0) is 24.3 Å². The molecule has 0 aliphatic carbocycles. The Kier molecular flexibility index (Phi) is 6.64. The first-order valence-corrected chi connectivity index (χ1v) is 10.4. The number of carbonyl (C=O) groups excluding carboxylic acids is 2. The standard InChI is InChI=1S/C19H27NO6S/c1-14-9-11-20(12-10-14)27(23,24)16-7-5-15(6-8-16)18(22)25-13-17(21)26-19(2,3)4/h5-8,14H,9-13H2,1-4H3. The molecule has 1 fully saturated rings. The van der Waals surface area contributed by atoms with E-state index in [1.165, 1.54) is 28.6 Å². The number of piperidine rings is 1. The summed E-state index contributed by atoms with van der Waals surface area (Å²) < 4.78 is 36.8. The van der Waals surface area contributed by atoms with Crippen molar-refractivity contribution >= 4 is 22.0 Å². The van der Waals surface area contributed by atoms with Gasteiger partial charge in [0.05, 0.1) is 10.5 Å². The minimum atomic E-state index is -3.57. The molecule has 27 heavy (non-hydrogen) atoms. The number of sulfonamides is 1. The van der Waals surface area contributed by atoms with E-state index in [9.17, 15) is 18.0 Å². The summed E-state index contributed by atoms with van der Waals surface area (Å²) >= 11 is 0. The van der Waals surface area contributed by atoms with Crippen molar-refractivity contribution in [2.24, 2.45) is 5.92 Å². The fourth-order valence-corrected chi connectivity index (χ4v) is 4.19. The maximum atomic E-state index is 12.7. The molecule has 1 aromatic carbocycles. The predicted molar refractivity (Wildman–Crippen MR) is 99.7 cm³/mol. The van der Waals surface area contributed by atoms with Crippen LogP contribution in [0.1, 0.15) is 50.9 Å². The van der Waals surface area contributed by atoms with Gasteiger partial charge in [-0.15, -0.1) is 0 Å². The fraction of sp³-hybridized carbons (Fsp3) is 0.579. The zero-order chi connectivity index (χ0) is 20.2. The normalized spacial score (nSPS) is 16.7. The van der Waals surface area contributed by atoms with Crippen molar-refractivity contribution in [3.63, 3.8) is 0 Å². The van der Waals surface area contributed by atoms with Crippen LogP contribution in [0.5, 0.6) is 0 Å². The van der Waals surface area contributed by atoms with E-state index in [1.54, 1.807) is 20.8 Å². The monoisotopic (exact) mass is 397 g/mol. The lowest BCUT2D eigenvalue weighted by Gasteiger charge is -2.29. The molecule has 0 unspecified atom stereocenters. The van der Waals surface area contributed by atoms with Gasteiger partial charge in [0.1, 0.15) is 5.60 Å². The first-order chi connectivity index (χ1) is 12.5. The molecule has 0 aromatic heterocycles. The van der Waals surface area contributed by atoms with Crippen LogP contribution in [0.25, 0.3) is 0 Å². The largest absolute Gasteiger partial charge is 0.457 e. The number of hydrogen-bond donors (Lipinski definition) is 0. The van der Waals surface area contributed by atoms with E-state index in [1.807, 2.05) is 0 Å². The van der Waals surface area contributed by atoms with Gasteiger partial charge in [0.2, 0.25) is 10.0 Å². The second kappa shape index (κ2) is 8.39. The Morgan fingerprint density at radius 3 is 2.19 bits per heavy atom. The van der Waals surface area contributed by atoms with Gasteiger partial charge in [-0.2, -0.15) is 4.31 Å². The highest BCUT2D eigenvalue weighted by Crippen LogP contribution is 2.23. The Morgan fingerprint density at radius 1 is 1.11 bits per heavy atom. The number of hydrogen-bond acceptors (Lipinski definition) is 6. The van der Waals surface area contributed by atoms with Crippen LogP contribution in [0.3, 0.4) is 0 Å². The number of rotatable bonds is 5. The van der Waals surface area contributed by atoms with E-state index in [0.29, 0.717) is 19.0 Å². The van der Waals surface area contributed by atoms with Crippen LogP contribution >= 0.6 is 0 Å². The molecule has 1 aliphatic heterocycles. The van der Waals surface area contributed by atoms with Crippen LogP contribution in [0, 0.1) is 5.92 Å². The van der Waals surface area contributed by atoms with Crippen LogP contribution in [0.2, 0.25) is 0 Å². The van der Waals surface area contributed by atoms with Crippen LogP contribution in [0.15, 0.2) is 29.2 Å². The average Bonchev–Trinajstić information content (AvgIpc) is 2.58. The maximum absolute atomic E-state index is 12.7. The first kappa shape index (κ1) is 21.4. The second-order valence-corrected chi connectivity index (χ2v) is 9.71. The molecule has 0 bridgehead atoms. The molecule has 8 heteroatoms. The molecule has 1 heterocycles. The van der Waals surface area contributed by atoms with Gasteiger partial charge in [-0.05, 0) is 63.8 Å². The van der Waals surface area contributed by atoms with E-state index in [0.717, 1.165) is 12.8 Å². The number of benzene rings is 1. The molecular weight excluding hydrogens is 370 g/mol. The van der Waals surface area contributed by atoms with Gasteiger partial charge in [-0.1, -0.05) is 6.92 Å². The molecule has 0 saturated carbocycles.